The zero-order chi connectivity index (χ0) is 19.8. The molecule has 3 heteroatoms. The number of hydrogen-bond donors (Lipinski definition) is 0. The smallest absolute Gasteiger partial charge is 0.159 e. The second-order valence-electron chi connectivity index (χ2n) is 7.36. The van der Waals surface area contributed by atoms with Crippen molar-refractivity contribution in [1.29, 1.82) is 0 Å². The average molecular weight is 393 g/mol. The van der Waals surface area contributed by atoms with Crippen LogP contribution in [0.15, 0.2) is 54.9 Å². The monoisotopic (exact) mass is 392 g/mol. The van der Waals surface area contributed by atoms with Gasteiger partial charge in [0, 0.05) is 28.5 Å². The SMILES string of the molecule is CCCCCc1ccc(-c2ncc(-c3ccc(CCCC)c(Cl)c3)cn2)cc1. The van der Waals surface area contributed by atoms with Gasteiger partial charge in [-0.1, -0.05) is 81.1 Å². The Morgan fingerprint density at radius 3 is 2.04 bits per heavy atom. The minimum Gasteiger partial charge on any atom is -0.236 e. The van der Waals surface area contributed by atoms with Gasteiger partial charge in [0.25, 0.3) is 0 Å². The minimum absolute atomic E-state index is 0.759. The average Bonchev–Trinajstić information content (AvgIpc) is 2.74. The molecule has 2 nitrogen and oxygen atoms in total. The van der Waals surface area contributed by atoms with E-state index in [9.17, 15) is 0 Å². The number of halogens is 1. The van der Waals surface area contributed by atoms with Crippen LogP contribution in [0.25, 0.3) is 22.5 Å². The normalized spacial score (nSPS) is 11.0. The maximum absolute atomic E-state index is 6.46. The van der Waals surface area contributed by atoms with Crippen LogP contribution in [0.1, 0.15) is 57.1 Å². The summed E-state index contributed by atoms with van der Waals surface area (Å²) in [5.41, 5.74) is 5.70. The van der Waals surface area contributed by atoms with E-state index < -0.39 is 0 Å². The molecule has 0 saturated heterocycles. The molecule has 0 fully saturated rings. The van der Waals surface area contributed by atoms with Crippen molar-refractivity contribution >= 4 is 11.6 Å². The Balaban J connectivity index is 1.70. The van der Waals surface area contributed by atoms with Crippen molar-refractivity contribution in [2.45, 2.75) is 58.8 Å². The molecule has 3 rings (SSSR count). The van der Waals surface area contributed by atoms with E-state index in [2.05, 4.69) is 60.2 Å². The fraction of sp³-hybridized carbons (Fsp3) is 0.360. The number of benzene rings is 2. The van der Waals surface area contributed by atoms with E-state index in [-0.39, 0.29) is 0 Å². The van der Waals surface area contributed by atoms with Gasteiger partial charge in [-0.3, -0.25) is 0 Å². The van der Waals surface area contributed by atoms with Crippen LogP contribution in [0.4, 0.5) is 0 Å². The van der Waals surface area contributed by atoms with Crippen molar-refractivity contribution in [3.05, 3.63) is 71.0 Å². The van der Waals surface area contributed by atoms with E-state index in [4.69, 9.17) is 11.6 Å². The molecule has 1 aromatic heterocycles. The van der Waals surface area contributed by atoms with Gasteiger partial charge in [-0.15, -0.1) is 0 Å². The van der Waals surface area contributed by atoms with Crippen molar-refractivity contribution in [1.82, 2.24) is 9.97 Å². The molecule has 146 valence electrons. The first kappa shape index (κ1) is 20.5. The van der Waals surface area contributed by atoms with Crippen LogP contribution in [0.3, 0.4) is 0 Å². The first-order valence-corrected chi connectivity index (χ1v) is 10.8. The van der Waals surface area contributed by atoms with Gasteiger partial charge in [0.1, 0.15) is 0 Å². The molecule has 0 aliphatic carbocycles. The molecule has 3 aromatic rings. The topological polar surface area (TPSA) is 25.8 Å². The van der Waals surface area contributed by atoms with Gasteiger partial charge >= 0.3 is 0 Å². The second kappa shape index (κ2) is 10.4. The highest BCUT2D eigenvalue weighted by Crippen LogP contribution is 2.27. The van der Waals surface area contributed by atoms with Crippen LogP contribution in [0, 0.1) is 0 Å². The standard InChI is InChI=1S/C25H29ClN2/c1-3-5-7-8-19-10-12-21(13-11-19)25-27-17-23(18-28-25)22-15-14-20(9-6-4-2)24(26)16-22/h10-18H,3-9H2,1-2H3. The Kier molecular flexibility index (Phi) is 7.62. The van der Waals surface area contributed by atoms with Crippen molar-refractivity contribution in [3.8, 4) is 22.5 Å². The number of hydrogen-bond acceptors (Lipinski definition) is 2. The second-order valence-corrected chi connectivity index (χ2v) is 7.77. The van der Waals surface area contributed by atoms with E-state index in [1.165, 1.54) is 36.8 Å². The highest BCUT2D eigenvalue weighted by Gasteiger charge is 2.06. The molecule has 0 atom stereocenters. The summed E-state index contributed by atoms with van der Waals surface area (Å²) in [5, 5.41) is 0.827. The minimum atomic E-state index is 0.759. The molecule has 0 bridgehead atoms. The fourth-order valence-electron chi connectivity index (χ4n) is 3.32. The summed E-state index contributed by atoms with van der Waals surface area (Å²) in [7, 11) is 0. The molecule has 0 amide bonds. The van der Waals surface area contributed by atoms with Gasteiger partial charge in [-0.2, -0.15) is 0 Å². The van der Waals surface area contributed by atoms with Gasteiger partial charge in [0.2, 0.25) is 0 Å². The zero-order valence-corrected chi connectivity index (χ0v) is 17.7. The van der Waals surface area contributed by atoms with Gasteiger partial charge < -0.3 is 0 Å². The summed E-state index contributed by atoms with van der Waals surface area (Å²) >= 11 is 6.46. The van der Waals surface area contributed by atoms with Gasteiger partial charge in [0.15, 0.2) is 5.82 Å². The molecule has 0 spiro atoms. The number of aryl methyl sites for hydroxylation is 2. The van der Waals surface area contributed by atoms with Crippen molar-refractivity contribution < 1.29 is 0 Å². The molecule has 1 heterocycles. The first-order valence-electron chi connectivity index (χ1n) is 10.4. The van der Waals surface area contributed by atoms with Crippen molar-refractivity contribution in [2.75, 3.05) is 0 Å². The van der Waals surface area contributed by atoms with Gasteiger partial charge in [0.05, 0.1) is 0 Å². The molecule has 0 unspecified atom stereocenters. The molecular weight excluding hydrogens is 364 g/mol. The third-order valence-corrected chi connectivity index (χ3v) is 5.47. The fourth-order valence-corrected chi connectivity index (χ4v) is 3.60. The number of nitrogens with zero attached hydrogens (tertiary/aromatic N) is 2. The molecular formula is C25H29ClN2. The Labute approximate surface area is 174 Å². The van der Waals surface area contributed by atoms with E-state index >= 15 is 0 Å². The zero-order valence-electron chi connectivity index (χ0n) is 16.9. The van der Waals surface area contributed by atoms with Crippen LogP contribution in [-0.2, 0) is 12.8 Å². The summed E-state index contributed by atoms with van der Waals surface area (Å²) < 4.78 is 0. The summed E-state index contributed by atoms with van der Waals surface area (Å²) in [5.74, 6) is 0.759. The third-order valence-electron chi connectivity index (χ3n) is 5.12. The highest BCUT2D eigenvalue weighted by atomic mass is 35.5. The van der Waals surface area contributed by atoms with Crippen LogP contribution in [0.2, 0.25) is 5.02 Å². The Hall–Kier alpha value is -2.19. The number of rotatable bonds is 9. The van der Waals surface area contributed by atoms with Crippen LogP contribution in [-0.4, -0.2) is 9.97 Å². The van der Waals surface area contributed by atoms with Crippen molar-refractivity contribution in [3.63, 3.8) is 0 Å². The van der Waals surface area contributed by atoms with Gasteiger partial charge in [-0.05, 0) is 48.4 Å². The van der Waals surface area contributed by atoms with Crippen LogP contribution in [0.5, 0.6) is 0 Å². The molecule has 28 heavy (non-hydrogen) atoms. The predicted octanol–water partition coefficient (Wildman–Crippen LogP) is 7.54. The van der Waals surface area contributed by atoms with E-state index in [0.717, 1.165) is 46.8 Å². The molecule has 0 N–H and O–H groups in total. The maximum Gasteiger partial charge on any atom is 0.159 e. The molecule has 2 aromatic carbocycles. The summed E-state index contributed by atoms with van der Waals surface area (Å²) in [6.07, 6.45) is 12.1. The van der Waals surface area contributed by atoms with Crippen LogP contribution < -0.4 is 0 Å². The van der Waals surface area contributed by atoms with Gasteiger partial charge in [-0.25, -0.2) is 9.97 Å². The molecule has 0 radical (unpaired) electrons. The van der Waals surface area contributed by atoms with Crippen molar-refractivity contribution in [2.24, 2.45) is 0 Å². The lowest BCUT2D eigenvalue weighted by Crippen LogP contribution is -1.92. The Morgan fingerprint density at radius 1 is 0.714 bits per heavy atom. The Bertz CT molecular complexity index is 870. The largest absolute Gasteiger partial charge is 0.236 e. The molecule has 0 aliphatic rings. The van der Waals surface area contributed by atoms with E-state index in [1.807, 2.05) is 18.5 Å². The molecule has 0 saturated carbocycles. The number of unbranched alkanes of at least 4 members (excludes halogenated alkanes) is 3. The predicted molar refractivity (Wildman–Crippen MR) is 120 cm³/mol. The lowest BCUT2D eigenvalue weighted by molar-refractivity contribution is 0.717. The quantitative estimate of drug-likeness (QED) is 0.351. The molecule has 0 aliphatic heterocycles. The maximum atomic E-state index is 6.46. The summed E-state index contributed by atoms with van der Waals surface area (Å²) in [6.45, 7) is 4.43. The lowest BCUT2D eigenvalue weighted by atomic mass is 10.0. The summed E-state index contributed by atoms with van der Waals surface area (Å²) in [6, 6.07) is 14.9. The lowest BCUT2D eigenvalue weighted by Gasteiger charge is -2.08. The summed E-state index contributed by atoms with van der Waals surface area (Å²) in [4.78, 5) is 9.16. The van der Waals surface area contributed by atoms with E-state index in [1.54, 1.807) is 0 Å². The third kappa shape index (κ3) is 5.42. The first-order chi connectivity index (χ1) is 13.7. The number of aromatic nitrogens is 2. The highest BCUT2D eigenvalue weighted by molar-refractivity contribution is 6.31. The van der Waals surface area contributed by atoms with Crippen LogP contribution >= 0.6 is 11.6 Å². The Morgan fingerprint density at radius 2 is 1.39 bits per heavy atom. The van der Waals surface area contributed by atoms with E-state index in [0.29, 0.717) is 0 Å².